The topological polar surface area (TPSA) is 63.0 Å². The van der Waals surface area contributed by atoms with Crippen LogP contribution in [0.3, 0.4) is 0 Å². The zero-order valence-corrected chi connectivity index (χ0v) is 13.6. The summed E-state index contributed by atoms with van der Waals surface area (Å²) in [5, 5.41) is 6.46. The van der Waals surface area contributed by atoms with Gasteiger partial charge in [-0.25, -0.2) is 9.97 Å². The summed E-state index contributed by atoms with van der Waals surface area (Å²) in [6, 6.07) is 11.7. The van der Waals surface area contributed by atoms with Crippen LogP contribution < -0.4 is 10.6 Å². The van der Waals surface area contributed by atoms with E-state index in [1.807, 2.05) is 36.4 Å². The summed E-state index contributed by atoms with van der Waals surface area (Å²) in [4.78, 5) is 8.43. The quantitative estimate of drug-likeness (QED) is 0.703. The maximum Gasteiger partial charge on any atom is 0.135 e. The molecule has 3 rings (SSSR count). The molecule has 2 aromatic heterocycles. The van der Waals surface area contributed by atoms with Crippen LogP contribution in [0, 0.1) is 6.92 Å². The first-order valence-corrected chi connectivity index (χ1v) is 7.61. The number of rotatable bonds is 5. The number of nitrogens with zero attached hydrogens (tertiary/aromatic N) is 2. The highest BCUT2D eigenvalue weighted by molar-refractivity contribution is 9.10. The molecule has 2 N–H and O–H groups in total. The van der Waals surface area contributed by atoms with Crippen molar-refractivity contribution >= 4 is 33.3 Å². The minimum Gasteiger partial charge on any atom is -0.467 e. The number of benzene rings is 1. The molecule has 112 valence electrons. The predicted molar refractivity (Wildman–Crippen MR) is 90.2 cm³/mol. The van der Waals surface area contributed by atoms with Crippen molar-refractivity contribution in [2.45, 2.75) is 13.5 Å². The molecule has 0 aliphatic carbocycles. The van der Waals surface area contributed by atoms with Gasteiger partial charge in [-0.1, -0.05) is 22.0 Å². The van der Waals surface area contributed by atoms with E-state index in [1.165, 1.54) is 11.9 Å². The molecule has 6 heteroatoms. The normalized spacial score (nSPS) is 10.5. The number of halogens is 1. The van der Waals surface area contributed by atoms with E-state index in [0.717, 1.165) is 27.6 Å². The van der Waals surface area contributed by atoms with Crippen LogP contribution in [0.1, 0.15) is 11.3 Å². The second kappa shape index (κ2) is 6.62. The summed E-state index contributed by atoms with van der Waals surface area (Å²) in [5.74, 6) is 2.32. The maximum atomic E-state index is 5.28. The fourth-order valence-electron chi connectivity index (χ4n) is 1.93. The summed E-state index contributed by atoms with van der Waals surface area (Å²) < 4.78 is 6.34. The Balaban J connectivity index is 1.69. The molecular formula is C16H15BrN4O. The first-order chi connectivity index (χ1) is 10.7. The Hall–Kier alpha value is -2.34. The highest BCUT2D eigenvalue weighted by Crippen LogP contribution is 2.23. The van der Waals surface area contributed by atoms with Gasteiger partial charge in [0.05, 0.1) is 12.8 Å². The van der Waals surface area contributed by atoms with Gasteiger partial charge < -0.3 is 15.1 Å². The molecule has 2 heterocycles. The Bertz CT molecular complexity index is 759. The predicted octanol–water partition coefficient (Wildman–Crippen LogP) is 4.50. The van der Waals surface area contributed by atoms with Gasteiger partial charge in [-0.15, -0.1) is 0 Å². The van der Waals surface area contributed by atoms with Crippen molar-refractivity contribution in [2.75, 3.05) is 10.6 Å². The Morgan fingerprint density at radius 2 is 2.00 bits per heavy atom. The van der Waals surface area contributed by atoms with Gasteiger partial charge in [0, 0.05) is 16.2 Å². The van der Waals surface area contributed by atoms with Gasteiger partial charge in [-0.05, 0) is 36.8 Å². The third-order valence-corrected chi connectivity index (χ3v) is 3.99. The van der Waals surface area contributed by atoms with Crippen LogP contribution >= 0.6 is 15.9 Å². The third kappa shape index (κ3) is 3.65. The molecule has 3 aromatic rings. The highest BCUT2D eigenvalue weighted by atomic mass is 79.9. The molecule has 0 amide bonds. The fourth-order valence-corrected chi connectivity index (χ4v) is 2.31. The number of aromatic nitrogens is 2. The average Bonchev–Trinajstić information content (AvgIpc) is 3.03. The number of anilines is 3. The third-order valence-electron chi connectivity index (χ3n) is 3.14. The Morgan fingerprint density at radius 3 is 2.77 bits per heavy atom. The molecule has 1 aromatic carbocycles. The van der Waals surface area contributed by atoms with E-state index in [1.54, 1.807) is 6.26 Å². The number of aryl methyl sites for hydroxylation is 1. The molecule has 22 heavy (non-hydrogen) atoms. The summed E-state index contributed by atoms with van der Waals surface area (Å²) >= 11 is 3.53. The zero-order chi connectivity index (χ0) is 15.4. The largest absolute Gasteiger partial charge is 0.467 e. The number of nitrogens with one attached hydrogen (secondary N) is 2. The van der Waals surface area contributed by atoms with E-state index in [4.69, 9.17) is 4.42 Å². The summed E-state index contributed by atoms with van der Waals surface area (Å²) in [6.45, 7) is 2.63. The summed E-state index contributed by atoms with van der Waals surface area (Å²) in [6.07, 6.45) is 3.18. The molecule has 0 radical (unpaired) electrons. The smallest absolute Gasteiger partial charge is 0.135 e. The molecule has 0 atom stereocenters. The standard InChI is InChI=1S/C16H15BrN4O/c1-11-4-5-12(7-14(11)17)21-16-8-15(19-10-20-16)18-9-13-3-2-6-22-13/h2-8,10H,9H2,1H3,(H2,18,19,20,21). The Kier molecular flexibility index (Phi) is 4.39. The van der Waals surface area contributed by atoms with Crippen LogP contribution in [-0.4, -0.2) is 9.97 Å². The van der Waals surface area contributed by atoms with Crippen molar-refractivity contribution in [3.63, 3.8) is 0 Å². The Morgan fingerprint density at radius 1 is 1.14 bits per heavy atom. The average molecular weight is 359 g/mol. The first kappa shape index (κ1) is 14.6. The van der Waals surface area contributed by atoms with Crippen molar-refractivity contribution in [2.24, 2.45) is 0 Å². The van der Waals surface area contributed by atoms with Crippen molar-refractivity contribution in [1.82, 2.24) is 9.97 Å². The maximum absolute atomic E-state index is 5.28. The lowest BCUT2D eigenvalue weighted by Gasteiger charge is -2.09. The molecular weight excluding hydrogens is 344 g/mol. The molecule has 0 aliphatic rings. The fraction of sp³-hybridized carbons (Fsp3) is 0.125. The molecule has 0 saturated heterocycles. The second-order valence-electron chi connectivity index (χ2n) is 4.81. The highest BCUT2D eigenvalue weighted by Gasteiger charge is 2.02. The van der Waals surface area contributed by atoms with E-state index in [9.17, 15) is 0 Å². The van der Waals surface area contributed by atoms with Crippen LogP contribution in [0.5, 0.6) is 0 Å². The molecule has 0 fully saturated rings. The SMILES string of the molecule is Cc1ccc(Nc2cc(NCc3ccco3)ncn2)cc1Br. The van der Waals surface area contributed by atoms with Crippen LogP contribution in [0.4, 0.5) is 17.3 Å². The minimum atomic E-state index is 0.583. The molecule has 0 saturated carbocycles. The molecule has 0 unspecified atom stereocenters. The van der Waals surface area contributed by atoms with E-state index in [-0.39, 0.29) is 0 Å². The number of furan rings is 1. The van der Waals surface area contributed by atoms with Crippen LogP contribution in [-0.2, 0) is 6.54 Å². The van der Waals surface area contributed by atoms with E-state index >= 15 is 0 Å². The van der Waals surface area contributed by atoms with E-state index in [0.29, 0.717) is 6.54 Å². The van der Waals surface area contributed by atoms with Crippen molar-refractivity contribution in [3.8, 4) is 0 Å². The van der Waals surface area contributed by atoms with Crippen molar-refractivity contribution in [1.29, 1.82) is 0 Å². The molecule has 0 bridgehead atoms. The lowest BCUT2D eigenvalue weighted by molar-refractivity contribution is 0.518. The minimum absolute atomic E-state index is 0.583. The second-order valence-corrected chi connectivity index (χ2v) is 5.66. The van der Waals surface area contributed by atoms with Crippen molar-refractivity contribution in [3.05, 3.63) is 64.8 Å². The van der Waals surface area contributed by atoms with Gasteiger partial charge >= 0.3 is 0 Å². The summed E-state index contributed by atoms with van der Waals surface area (Å²) in [5.41, 5.74) is 2.15. The lowest BCUT2D eigenvalue weighted by atomic mass is 10.2. The Labute approximate surface area is 136 Å². The first-order valence-electron chi connectivity index (χ1n) is 6.82. The zero-order valence-electron chi connectivity index (χ0n) is 12.0. The van der Waals surface area contributed by atoms with Gasteiger partial charge in [-0.3, -0.25) is 0 Å². The molecule has 5 nitrogen and oxygen atoms in total. The van der Waals surface area contributed by atoms with Gasteiger partial charge in [0.2, 0.25) is 0 Å². The number of hydrogen-bond donors (Lipinski definition) is 2. The van der Waals surface area contributed by atoms with Crippen molar-refractivity contribution < 1.29 is 4.42 Å². The summed E-state index contributed by atoms with van der Waals surface area (Å²) in [7, 11) is 0. The van der Waals surface area contributed by atoms with E-state index < -0.39 is 0 Å². The van der Waals surface area contributed by atoms with Gasteiger partial charge in [0.15, 0.2) is 0 Å². The molecule has 0 aliphatic heterocycles. The van der Waals surface area contributed by atoms with Crippen LogP contribution in [0.2, 0.25) is 0 Å². The monoisotopic (exact) mass is 358 g/mol. The number of hydrogen-bond acceptors (Lipinski definition) is 5. The van der Waals surface area contributed by atoms with Crippen LogP contribution in [0.25, 0.3) is 0 Å². The molecule has 0 spiro atoms. The van der Waals surface area contributed by atoms with Gasteiger partial charge in [-0.2, -0.15) is 0 Å². The lowest BCUT2D eigenvalue weighted by Crippen LogP contribution is -2.02. The van der Waals surface area contributed by atoms with Gasteiger partial charge in [0.1, 0.15) is 23.7 Å². The van der Waals surface area contributed by atoms with Crippen LogP contribution in [0.15, 0.2) is 57.9 Å². The van der Waals surface area contributed by atoms with Gasteiger partial charge in [0.25, 0.3) is 0 Å². The van der Waals surface area contributed by atoms with E-state index in [2.05, 4.69) is 43.5 Å².